The van der Waals surface area contributed by atoms with E-state index in [4.69, 9.17) is 27.9 Å². The molecule has 9 heteroatoms. The Morgan fingerprint density at radius 3 is 2.64 bits per heavy atom. The van der Waals surface area contributed by atoms with Crippen LogP contribution in [0.15, 0.2) is 54.7 Å². The molecule has 0 fully saturated rings. The molecule has 0 unspecified atom stereocenters. The molecule has 0 radical (unpaired) electrons. The summed E-state index contributed by atoms with van der Waals surface area (Å²) in [6.45, 7) is 6.41. The minimum Gasteiger partial charge on any atom is -0.471 e. The van der Waals surface area contributed by atoms with Crippen LogP contribution in [0.25, 0.3) is 0 Å². The van der Waals surface area contributed by atoms with Crippen LogP contribution in [-0.4, -0.2) is 25.5 Å². The van der Waals surface area contributed by atoms with Gasteiger partial charge in [0.25, 0.3) is 5.91 Å². The van der Waals surface area contributed by atoms with Gasteiger partial charge in [-0.2, -0.15) is 10.2 Å². The Kier molecular flexibility index (Phi) is 6.72. The maximum absolute atomic E-state index is 12.8. The Morgan fingerprint density at radius 2 is 1.88 bits per heavy atom. The van der Waals surface area contributed by atoms with E-state index in [2.05, 4.69) is 15.5 Å². The van der Waals surface area contributed by atoms with Gasteiger partial charge in [0.05, 0.1) is 23.6 Å². The molecule has 0 bridgehead atoms. The zero-order chi connectivity index (χ0) is 23.5. The highest BCUT2D eigenvalue weighted by Crippen LogP contribution is 2.23. The van der Waals surface area contributed by atoms with Crippen LogP contribution < -0.4 is 10.1 Å². The van der Waals surface area contributed by atoms with Gasteiger partial charge < -0.3 is 10.1 Å². The normalized spacial score (nSPS) is 10.9. The van der Waals surface area contributed by atoms with Crippen LogP contribution in [0.5, 0.6) is 5.75 Å². The van der Waals surface area contributed by atoms with Gasteiger partial charge in [-0.25, -0.2) is 4.68 Å². The lowest BCUT2D eigenvalue weighted by Crippen LogP contribution is -2.15. The predicted molar refractivity (Wildman–Crippen MR) is 129 cm³/mol. The molecule has 1 N–H and O–H groups in total. The Balaban J connectivity index is 1.42. The molecule has 0 aliphatic rings. The molecule has 0 aliphatic carbocycles. The van der Waals surface area contributed by atoms with Crippen LogP contribution in [0.1, 0.15) is 33.0 Å². The average Bonchev–Trinajstić information content (AvgIpc) is 3.35. The van der Waals surface area contributed by atoms with E-state index in [1.54, 1.807) is 29.1 Å². The first-order chi connectivity index (χ1) is 15.8. The molecule has 7 nitrogen and oxygen atoms in total. The van der Waals surface area contributed by atoms with Crippen molar-refractivity contribution in [1.29, 1.82) is 0 Å². The molecular formula is C24H23Cl2N5O2. The summed E-state index contributed by atoms with van der Waals surface area (Å²) in [6.07, 6.45) is 1.69. The first-order valence-corrected chi connectivity index (χ1v) is 11.1. The number of anilines is 1. The molecular weight excluding hydrogens is 461 g/mol. The average molecular weight is 484 g/mol. The quantitative estimate of drug-likeness (QED) is 0.368. The summed E-state index contributed by atoms with van der Waals surface area (Å²) in [6, 6.07) is 14.7. The van der Waals surface area contributed by atoms with Crippen molar-refractivity contribution in [2.24, 2.45) is 0 Å². The van der Waals surface area contributed by atoms with E-state index in [1.165, 1.54) is 0 Å². The summed E-state index contributed by atoms with van der Waals surface area (Å²) in [5.41, 5.74) is 4.49. The number of hydrogen-bond acceptors (Lipinski definition) is 4. The minimum absolute atomic E-state index is 0.171. The zero-order valence-corrected chi connectivity index (χ0v) is 20.0. The molecule has 1 amide bonds. The molecule has 0 saturated heterocycles. The van der Waals surface area contributed by atoms with Crippen molar-refractivity contribution in [2.75, 3.05) is 5.32 Å². The number of carbonyl (C=O) groups is 1. The fraction of sp³-hybridized carbons (Fsp3) is 0.208. The van der Waals surface area contributed by atoms with Crippen LogP contribution in [0.4, 0.5) is 5.69 Å². The number of hydrogen-bond donors (Lipinski definition) is 1. The number of ether oxygens (including phenoxy) is 1. The van der Waals surface area contributed by atoms with Crippen LogP contribution in [0, 0.1) is 20.8 Å². The maximum Gasteiger partial charge on any atom is 0.276 e. The van der Waals surface area contributed by atoms with E-state index in [9.17, 15) is 4.79 Å². The monoisotopic (exact) mass is 483 g/mol. The van der Waals surface area contributed by atoms with Gasteiger partial charge in [0.2, 0.25) is 0 Å². The van der Waals surface area contributed by atoms with Crippen molar-refractivity contribution in [2.45, 2.75) is 34.0 Å². The molecule has 2 aromatic carbocycles. The van der Waals surface area contributed by atoms with Crippen LogP contribution in [-0.2, 0) is 13.3 Å². The summed E-state index contributed by atoms with van der Waals surface area (Å²) < 4.78 is 9.13. The Morgan fingerprint density at radius 1 is 1.06 bits per heavy atom. The first kappa shape index (κ1) is 22.9. The van der Waals surface area contributed by atoms with Crippen molar-refractivity contribution in [3.63, 3.8) is 0 Å². The fourth-order valence-corrected chi connectivity index (χ4v) is 3.75. The van der Waals surface area contributed by atoms with E-state index in [-0.39, 0.29) is 18.3 Å². The van der Waals surface area contributed by atoms with Crippen molar-refractivity contribution < 1.29 is 9.53 Å². The smallest absolute Gasteiger partial charge is 0.276 e. The Labute approximate surface area is 201 Å². The lowest BCUT2D eigenvalue weighted by molar-refractivity contribution is 0.102. The molecule has 0 atom stereocenters. The third-order valence-electron chi connectivity index (χ3n) is 5.21. The molecule has 4 rings (SSSR count). The van der Waals surface area contributed by atoms with Gasteiger partial charge in [0.1, 0.15) is 5.75 Å². The molecule has 2 heterocycles. The molecule has 33 heavy (non-hydrogen) atoms. The second-order valence-corrected chi connectivity index (χ2v) is 8.56. The van der Waals surface area contributed by atoms with Crippen LogP contribution in [0.3, 0.4) is 0 Å². The summed E-state index contributed by atoms with van der Waals surface area (Å²) in [5, 5.41) is 13.2. The number of aromatic nitrogens is 4. The van der Waals surface area contributed by atoms with Gasteiger partial charge in [0.15, 0.2) is 12.4 Å². The number of benzene rings is 2. The van der Waals surface area contributed by atoms with Crippen molar-refractivity contribution in [1.82, 2.24) is 19.6 Å². The van der Waals surface area contributed by atoms with E-state index < -0.39 is 0 Å². The summed E-state index contributed by atoms with van der Waals surface area (Å²) in [4.78, 5) is 12.8. The number of aryl methyl sites for hydroxylation is 2. The van der Waals surface area contributed by atoms with Gasteiger partial charge in [0, 0.05) is 16.2 Å². The molecule has 2 aromatic heterocycles. The van der Waals surface area contributed by atoms with Crippen LogP contribution in [0.2, 0.25) is 10.0 Å². The van der Waals surface area contributed by atoms with Crippen molar-refractivity contribution in [3.8, 4) is 5.75 Å². The Hall–Kier alpha value is -3.29. The Bertz CT molecular complexity index is 1310. The topological polar surface area (TPSA) is 74.0 Å². The minimum atomic E-state index is -0.315. The van der Waals surface area contributed by atoms with Crippen molar-refractivity contribution in [3.05, 3.63) is 93.0 Å². The maximum atomic E-state index is 12.8. The summed E-state index contributed by atoms with van der Waals surface area (Å²) in [5.74, 6) is 0.362. The summed E-state index contributed by atoms with van der Waals surface area (Å²) >= 11 is 12.1. The molecule has 4 aromatic rings. The van der Waals surface area contributed by atoms with E-state index in [0.29, 0.717) is 28.0 Å². The zero-order valence-electron chi connectivity index (χ0n) is 18.5. The lowest BCUT2D eigenvalue weighted by atomic mass is 10.2. The number of nitrogens with zero attached hydrogens (tertiary/aromatic N) is 4. The fourth-order valence-electron chi connectivity index (χ4n) is 3.42. The molecule has 170 valence electrons. The molecule has 0 saturated carbocycles. The second kappa shape index (κ2) is 9.68. The lowest BCUT2D eigenvalue weighted by Gasteiger charge is -2.08. The highest BCUT2D eigenvalue weighted by Gasteiger charge is 2.17. The van der Waals surface area contributed by atoms with Gasteiger partial charge in [-0.15, -0.1) is 0 Å². The third-order valence-corrected chi connectivity index (χ3v) is 5.87. The van der Waals surface area contributed by atoms with E-state index >= 15 is 0 Å². The van der Waals surface area contributed by atoms with Gasteiger partial charge in [-0.05, 0) is 68.3 Å². The van der Waals surface area contributed by atoms with Crippen molar-refractivity contribution >= 4 is 34.8 Å². The predicted octanol–water partition coefficient (Wildman–Crippen LogP) is 5.65. The highest BCUT2D eigenvalue weighted by atomic mass is 35.5. The van der Waals surface area contributed by atoms with Gasteiger partial charge in [-0.3, -0.25) is 9.48 Å². The number of amides is 1. The number of halogens is 2. The standard InChI is InChI=1S/C24H23Cl2N5O2/c1-15-11-20(7-8-21(15)26)33-14-30-10-9-22(29-30)24(32)27-23-16(2)28-31(17(23)3)13-18-5-4-6-19(25)12-18/h4-12H,13-14H2,1-3H3,(H,27,32). The van der Waals surface area contributed by atoms with Gasteiger partial charge in [-0.1, -0.05) is 35.3 Å². The second-order valence-electron chi connectivity index (χ2n) is 7.71. The third kappa shape index (κ3) is 5.38. The number of rotatable bonds is 7. The molecule has 0 spiro atoms. The SMILES string of the molecule is Cc1cc(OCn2ccc(C(=O)Nc3c(C)nn(Cc4cccc(Cl)c4)c3C)n2)ccc1Cl. The largest absolute Gasteiger partial charge is 0.471 e. The number of carbonyl (C=O) groups excluding carboxylic acids is 1. The molecule has 0 aliphatic heterocycles. The van der Waals surface area contributed by atoms with Crippen LogP contribution >= 0.6 is 23.2 Å². The van der Waals surface area contributed by atoms with Gasteiger partial charge >= 0.3 is 0 Å². The number of nitrogens with one attached hydrogen (secondary N) is 1. The summed E-state index contributed by atoms with van der Waals surface area (Å²) in [7, 11) is 0. The highest BCUT2D eigenvalue weighted by molar-refractivity contribution is 6.31. The first-order valence-electron chi connectivity index (χ1n) is 10.3. The van der Waals surface area contributed by atoms with E-state index in [0.717, 1.165) is 22.5 Å². The van der Waals surface area contributed by atoms with E-state index in [1.807, 2.05) is 55.8 Å².